The van der Waals surface area contributed by atoms with Gasteiger partial charge in [0.2, 0.25) is 5.75 Å². The van der Waals surface area contributed by atoms with E-state index in [2.05, 4.69) is 13.8 Å². The molecule has 0 radical (unpaired) electrons. The molecule has 0 spiro atoms. The summed E-state index contributed by atoms with van der Waals surface area (Å²) in [6.07, 6.45) is 6.41. The number of rotatable bonds is 13. The molecule has 0 atom stereocenters. The van der Waals surface area contributed by atoms with Gasteiger partial charge in [0.05, 0.1) is 19.2 Å². The number of unbranched alkanes of at least 4 members (excludes halogenated alkanes) is 4. The zero-order valence-electron chi connectivity index (χ0n) is 19.6. The van der Waals surface area contributed by atoms with Gasteiger partial charge in [0.15, 0.2) is 5.75 Å². The minimum absolute atomic E-state index is 0.160. The van der Waals surface area contributed by atoms with E-state index in [1.165, 1.54) is 0 Å². The molecule has 5 nitrogen and oxygen atoms in total. The predicted octanol–water partition coefficient (Wildman–Crippen LogP) is 6.35. The van der Waals surface area contributed by atoms with Gasteiger partial charge in [-0.1, -0.05) is 69.9 Å². The van der Waals surface area contributed by atoms with Gasteiger partial charge in [0.25, 0.3) is 5.56 Å². The van der Waals surface area contributed by atoms with Crippen LogP contribution in [0.5, 0.6) is 17.2 Å². The zero-order chi connectivity index (χ0) is 22.8. The second-order valence-corrected chi connectivity index (χ2v) is 8.04. The fraction of sp³-hybridized carbons (Fsp3) is 0.444. The molecule has 0 fully saturated rings. The fourth-order valence-electron chi connectivity index (χ4n) is 3.78. The van der Waals surface area contributed by atoms with Crippen LogP contribution in [0.3, 0.4) is 0 Å². The molecule has 0 N–H and O–H groups in total. The molecular formula is C27H35NO4. The van der Waals surface area contributed by atoms with Gasteiger partial charge < -0.3 is 18.8 Å². The van der Waals surface area contributed by atoms with Crippen LogP contribution in [-0.4, -0.2) is 18.3 Å². The Morgan fingerprint density at radius 3 is 2.34 bits per heavy atom. The van der Waals surface area contributed by atoms with Gasteiger partial charge in [-0.05, 0) is 30.5 Å². The molecular weight excluding hydrogens is 402 g/mol. The van der Waals surface area contributed by atoms with E-state index in [1.807, 2.05) is 53.1 Å². The lowest BCUT2D eigenvalue weighted by molar-refractivity contribution is 0.279. The molecule has 3 rings (SSSR count). The molecule has 5 heteroatoms. The quantitative estimate of drug-likeness (QED) is 0.292. The van der Waals surface area contributed by atoms with Crippen molar-refractivity contribution in [3.63, 3.8) is 0 Å². The normalized spacial score (nSPS) is 11.0. The van der Waals surface area contributed by atoms with E-state index < -0.39 is 0 Å². The lowest BCUT2D eigenvalue weighted by Crippen LogP contribution is -2.23. The molecule has 0 saturated heterocycles. The highest BCUT2D eigenvalue weighted by Crippen LogP contribution is 2.35. The van der Waals surface area contributed by atoms with Gasteiger partial charge in [-0.2, -0.15) is 0 Å². The maximum absolute atomic E-state index is 13.5. The van der Waals surface area contributed by atoms with Gasteiger partial charge >= 0.3 is 0 Å². The first-order valence-electron chi connectivity index (χ1n) is 11.7. The second kappa shape index (κ2) is 12.2. The van der Waals surface area contributed by atoms with Crippen molar-refractivity contribution < 1.29 is 14.2 Å². The first kappa shape index (κ1) is 23.7. The van der Waals surface area contributed by atoms with E-state index in [-0.39, 0.29) is 11.3 Å². The largest absolute Gasteiger partial charge is 0.494 e. The average Bonchev–Trinajstić information content (AvgIpc) is 2.82. The van der Waals surface area contributed by atoms with Crippen LogP contribution >= 0.6 is 0 Å². The Morgan fingerprint density at radius 2 is 1.62 bits per heavy atom. The van der Waals surface area contributed by atoms with Crippen molar-refractivity contribution in [2.75, 3.05) is 13.7 Å². The lowest BCUT2D eigenvalue weighted by Gasteiger charge is -2.18. The van der Waals surface area contributed by atoms with E-state index in [0.29, 0.717) is 25.5 Å². The van der Waals surface area contributed by atoms with Crippen LogP contribution in [0, 0.1) is 0 Å². The number of pyridine rings is 1. The monoisotopic (exact) mass is 437 g/mol. The van der Waals surface area contributed by atoms with Crippen molar-refractivity contribution >= 4 is 10.9 Å². The Kier molecular flexibility index (Phi) is 9.02. The molecule has 0 aliphatic rings. The van der Waals surface area contributed by atoms with Crippen LogP contribution in [0.2, 0.25) is 0 Å². The van der Waals surface area contributed by atoms with E-state index >= 15 is 0 Å². The maximum Gasteiger partial charge on any atom is 0.297 e. The predicted molar refractivity (Wildman–Crippen MR) is 130 cm³/mol. The summed E-state index contributed by atoms with van der Waals surface area (Å²) in [6, 6.07) is 15.7. The molecule has 0 aliphatic heterocycles. The summed E-state index contributed by atoms with van der Waals surface area (Å²) in [4.78, 5) is 13.5. The van der Waals surface area contributed by atoms with Crippen LogP contribution in [0.1, 0.15) is 57.9 Å². The van der Waals surface area contributed by atoms with Crippen LogP contribution < -0.4 is 19.8 Å². The van der Waals surface area contributed by atoms with Crippen molar-refractivity contribution in [3.8, 4) is 17.2 Å². The number of fused-ring (bicyclic) bond motifs is 1. The van der Waals surface area contributed by atoms with Crippen LogP contribution in [0.4, 0.5) is 0 Å². The van der Waals surface area contributed by atoms with Crippen LogP contribution in [-0.2, 0) is 13.2 Å². The molecule has 0 aliphatic carbocycles. The zero-order valence-corrected chi connectivity index (χ0v) is 19.6. The van der Waals surface area contributed by atoms with Crippen molar-refractivity contribution in [2.24, 2.45) is 0 Å². The summed E-state index contributed by atoms with van der Waals surface area (Å²) < 4.78 is 19.5. The second-order valence-electron chi connectivity index (χ2n) is 8.04. The van der Waals surface area contributed by atoms with Crippen molar-refractivity contribution in [1.29, 1.82) is 0 Å². The number of hydrogen-bond donors (Lipinski definition) is 0. The number of methoxy groups -OCH3 is 1. The number of ether oxygens (including phenoxy) is 3. The van der Waals surface area contributed by atoms with Gasteiger partial charge in [-0.15, -0.1) is 0 Å². The SMILES string of the molecule is CCCCCCn1c(=O)c(OCc2ccccc2)c(OC)c2ccc(OCCCC)cc21. The minimum atomic E-state index is -0.160. The summed E-state index contributed by atoms with van der Waals surface area (Å²) >= 11 is 0. The fourth-order valence-corrected chi connectivity index (χ4v) is 3.78. The minimum Gasteiger partial charge on any atom is -0.494 e. The Hall–Kier alpha value is -2.95. The number of aryl methyl sites for hydroxylation is 1. The highest BCUT2D eigenvalue weighted by atomic mass is 16.5. The molecule has 1 heterocycles. The molecule has 32 heavy (non-hydrogen) atoms. The summed E-state index contributed by atoms with van der Waals surface area (Å²) in [5, 5.41) is 0.855. The van der Waals surface area contributed by atoms with Gasteiger partial charge in [0, 0.05) is 18.0 Å². The van der Waals surface area contributed by atoms with Gasteiger partial charge in [-0.25, -0.2) is 0 Å². The number of benzene rings is 2. The van der Waals surface area contributed by atoms with Gasteiger partial charge in [-0.3, -0.25) is 4.79 Å². The third-order valence-electron chi connectivity index (χ3n) is 5.58. The highest BCUT2D eigenvalue weighted by Gasteiger charge is 2.20. The van der Waals surface area contributed by atoms with E-state index in [0.717, 1.165) is 60.7 Å². The Labute approximate surface area is 190 Å². The Bertz CT molecular complexity index is 1040. The van der Waals surface area contributed by atoms with Crippen molar-refractivity contribution in [1.82, 2.24) is 4.57 Å². The molecule has 2 aromatic carbocycles. The molecule has 3 aromatic rings. The average molecular weight is 438 g/mol. The Morgan fingerprint density at radius 1 is 0.844 bits per heavy atom. The van der Waals surface area contributed by atoms with E-state index in [1.54, 1.807) is 7.11 Å². The lowest BCUT2D eigenvalue weighted by atomic mass is 10.1. The third kappa shape index (κ3) is 5.84. The summed E-state index contributed by atoms with van der Waals surface area (Å²) in [5.41, 5.74) is 1.67. The number of nitrogens with zero attached hydrogens (tertiary/aromatic N) is 1. The van der Waals surface area contributed by atoms with Crippen molar-refractivity contribution in [2.45, 2.75) is 65.5 Å². The standard InChI is InChI=1S/C27H35NO4/c1-4-6-8-12-17-28-24-19-22(31-18-7-5-2)15-16-23(24)25(30-3)26(27(28)29)32-20-21-13-10-9-11-14-21/h9-11,13-16,19H,4-8,12,17-18,20H2,1-3H3. The molecule has 172 valence electrons. The summed E-state index contributed by atoms with van der Waals surface area (Å²) in [7, 11) is 1.58. The van der Waals surface area contributed by atoms with Crippen molar-refractivity contribution in [3.05, 3.63) is 64.4 Å². The van der Waals surface area contributed by atoms with Crippen LogP contribution in [0.15, 0.2) is 53.3 Å². The molecule has 0 saturated carbocycles. The van der Waals surface area contributed by atoms with E-state index in [4.69, 9.17) is 14.2 Å². The Balaban J connectivity index is 2.02. The number of aromatic nitrogens is 1. The smallest absolute Gasteiger partial charge is 0.297 e. The molecule has 0 unspecified atom stereocenters. The first-order chi connectivity index (χ1) is 15.7. The topological polar surface area (TPSA) is 49.7 Å². The molecule has 0 bridgehead atoms. The molecule has 0 amide bonds. The number of hydrogen-bond acceptors (Lipinski definition) is 4. The van der Waals surface area contributed by atoms with Crippen LogP contribution in [0.25, 0.3) is 10.9 Å². The van der Waals surface area contributed by atoms with Gasteiger partial charge in [0.1, 0.15) is 12.4 Å². The summed E-state index contributed by atoms with van der Waals surface area (Å²) in [5.74, 6) is 1.51. The maximum atomic E-state index is 13.5. The first-order valence-corrected chi connectivity index (χ1v) is 11.7. The third-order valence-corrected chi connectivity index (χ3v) is 5.58. The highest BCUT2D eigenvalue weighted by molar-refractivity contribution is 5.89. The summed E-state index contributed by atoms with van der Waals surface area (Å²) in [6.45, 7) is 5.94. The van der Waals surface area contributed by atoms with E-state index in [9.17, 15) is 4.79 Å². The molecule has 1 aromatic heterocycles.